The first-order valence-corrected chi connectivity index (χ1v) is 9.96. The number of nitrogens with one attached hydrogen (secondary N) is 2. The molecule has 27 heavy (non-hydrogen) atoms. The molecule has 4 N–H and O–H groups in total. The first-order valence-electron chi connectivity index (χ1n) is 9.96. The van der Waals surface area contributed by atoms with Crippen molar-refractivity contribution >= 4 is 11.9 Å². The van der Waals surface area contributed by atoms with Gasteiger partial charge in [0, 0.05) is 29.7 Å². The van der Waals surface area contributed by atoms with Gasteiger partial charge in [0.2, 0.25) is 0 Å². The summed E-state index contributed by atoms with van der Waals surface area (Å²) in [6.07, 6.45) is 5.32. The number of nitrogens with zero attached hydrogens (tertiary/aromatic N) is 1. The molecule has 0 amide bonds. The van der Waals surface area contributed by atoms with E-state index < -0.39 is 0 Å². The Morgan fingerprint density at radius 3 is 2.44 bits per heavy atom. The lowest BCUT2D eigenvalue weighted by atomic mass is 9.96. The van der Waals surface area contributed by atoms with Crippen LogP contribution in [-0.2, 0) is 6.42 Å². The molecular weight excluding hydrogens is 332 g/mol. The van der Waals surface area contributed by atoms with E-state index >= 15 is 0 Å². The molecule has 4 heteroatoms. The average molecular weight is 369 g/mol. The fourth-order valence-electron chi connectivity index (χ4n) is 3.11. The molecule has 0 aliphatic carbocycles. The van der Waals surface area contributed by atoms with Gasteiger partial charge in [-0.2, -0.15) is 0 Å². The number of allylic oxidation sites excluding steroid dienone is 2. The highest BCUT2D eigenvalue weighted by Gasteiger charge is 2.17. The van der Waals surface area contributed by atoms with Gasteiger partial charge >= 0.3 is 0 Å². The molecule has 0 radical (unpaired) electrons. The van der Waals surface area contributed by atoms with E-state index in [0.29, 0.717) is 17.3 Å². The first kappa shape index (κ1) is 22.7. The molecule has 0 saturated carbocycles. The molecule has 0 spiro atoms. The molecule has 0 fully saturated rings. The highest BCUT2D eigenvalue weighted by Crippen LogP contribution is 2.18. The van der Waals surface area contributed by atoms with Crippen LogP contribution in [0.2, 0.25) is 0 Å². The van der Waals surface area contributed by atoms with Crippen molar-refractivity contribution in [1.82, 2.24) is 5.32 Å². The van der Waals surface area contributed by atoms with Crippen molar-refractivity contribution in [2.45, 2.75) is 59.4 Å². The molecule has 148 valence electrons. The summed E-state index contributed by atoms with van der Waals surface area (Å²) in [4.78, 5) is 4.84. The Bertz CT molecular complexity index is 654. The lowest BCUT2D eigenvalue weighted by Crippen LogP contribution is -2.25. The Labute approximate surface area is 165 Å². The molecule has 4 nitrogen and oxygen atoms in total. The van der Waals surface area contributed by atoms with Crippen molar-refractivity contribution in [3.8, 4) is 0 Å². The molecular formula is C23H36N4. The summed E-state index contributed by atoms with van der Waals surface area (Å²) in [7, 11) is 0. The van der Waals surface area contributed by atoms with Gasteiger partial charge in [-0.25, -0.2) is 0 Å². The standard InChI is InChI=1S/C23H36N4/c1-6-17(3)21(7-2)27-22(16-24)23(18(4)25)19(5)26-15-11-14-20-12-9-8-10-13-20/h8-10,12-13,16-17,21,24,26H,5-7,11,14-15,25H2,1-4H3. The predicted molar refractivity (Wildman–Crippen MR) is 119 cm³/mol. The monoisotopic (exact) mass is 368 g/mol. The first-order chi connectivity index (χ1) is 12.9. The Balaban J connectivity index is 2.79. The molecule has 1 aromatic rings. The topological polar surface area (TPSA) is 74.3 Å². The molecule has 0 aliphatic rings. The van der Waals surface area contributed by atoms with Crippen molar-refractivity contribution in [1.29, 1.82) is 5.41 Å². The van der Waals surface area contributed by atoms with E-state index in [1.807, 2.05) is 13.0 Å². The minimum Gasteiger partial charge on any atom is -0.402 e. The summed E-state index contributed by atoms with van der Waals surface area (Å²) in [5.74, 6) is 0.469. The number of nitrogens with two attached hydrogens (primary N) is 1. The van der Waals surface area contributed by atoms with Gasteiger partial charge in [-0.1, -0.05) is 64.1 Å². The van der Waals surface area contributed by atoms with Crippen molar-refractivity contribution in [2.75, 3.05) is 6.54 Å². The third-order valence-corrected chi connectivity index (χ3v) is 4.94. The molecule has 1 rings (SSSR count). The number of hydrogen-bond donors (Lipinski definition) is 3. The Kier molecular flexibility index (Phi) is 10.2. The van der Waals surface area contributed by atoms with Crippen molar-refractivity contribution < 1.29 is 0 Å². The van der Waals surface area contributed by atoms with Crippen LogP contribution in [0.3, 0.4) is 0 Å². The molecule has 0 heterocycles. The lowest BCUT2D eigenvalue weighted by Gasteiger charge is -2.21. The van der Waals surface area contributed by atoms with Gasteiger partial charge < -0.3 is 16.5 Å². The van der Waals surface area contributed by atoms with E-state index in [-0.39, 0.29) is 6.04 Å². The zero-order valence-corrected chi connectivity index (χ0v) is 17.4. The van der Waals surface area contributed by atoms with Gasteiger partial charge in [0.15, 0.2) is 0 Å². The zero-order chi connectivity index (χ0) is 20.2. The lowest BCUT2D eigenvalue weighted by molar-refractivity contribution is 0.435. The molecule has 0 saturated heterocycles. The minimum atomic E-state index is 0.187. The van der Waals surface area contributed by atoms with Crippen molar-refractivity contribution in [3.63, 3.8) is 0 Å². The number of hydrogen-bond acceptors (Lipinski definition) is 4. The summed E-state index contributed by atoms with van der Waals surface area (Å²) in [5.41, 5.74) is 10.2. The van der Waals surface area contributed by atoms with Crippen LogP contribution in [0, 0.1) is 11.3 Å². The maximum Gasteiger partial charge on any atom is 0.0863 e. The van der Waals surface area contributed by atoms with Crippen molar-refractivity contribution in [3.05, 3.63) is 59.4 Å². The van der Waals surface area contributed by atoms with Crippen molar-refractivity contribution in [2.24, 2.45) is 16.6 Å². The Morgan fingerprint density at radius 1 is 1.26 bits per heavy atom. The van der Waals surface area contributed by atoms with Crippen LogP contribution in [0.25, 0.3) is 0 Å². The normalized spacial score (nSPS) is 14.9. The smallest absolute Gasteiger partial charge is 0.0863 e. The molecule has 2 atom stereocenters. The fraction of sp³-hybridized carbons (Fsp3) is 0.478. The quantitative estimate of drug-likeness (QED) is 0.280. The van der Waals surface area contributed by atoms with Gasteiger partial charge in [0.1, 0.15) is 0 Å². The van der Waals surface area contributed by atoms with Gasteiger partial charge in [-0.3, -0.25) is 4.99 Å². The number of benzene rings is 1. The Morgan fingerprint density at radius 2 is 1.93 bits per heavy atom. The molecule has 0 aromatic heterocycles. The largest absolute Gasteiger partial charge is 0.402 e. The van der Waals surface area contributed by atoms with E-state index in [1.165, 1.54) is 11.8 Å². The van der Waals surface area contributed by atoms with Gasteiger partial charge in [-0.15, -0.1) is 0 Å². The van der Waals surface area contributed by atoms with Crippen LogP contribution in [0.4, 0.5) is 0 Å². The van der Waals surface area contributed by atoms with Crippen LogP contribution < -0.4 is 11.1 Å². The fourth-order valence-corrected chi connectivity index (χ4v) is 3.11. The molecule has 2 unspecified atom stereocenters. The molecule has 0 aliphatic heterocycles. The second kappa shape index (κ2) is 12.1. The highest BCUT2D eigenvalue weighted by molar-refractivity contribution is 6.38. The third-order valence-electron chi connectivity index (χ3n) is 4.94. The Hall–Kier alpha value is -2.36. The number of aryl methyl sites for hydroxylation is 1. The third kappa shape index (κ3) is 7.41. The second-order valence-electron chi connectivity index (χ2n) is 7.07. The maximum atomic E-state index is 7.85. The summed E-state index contributed by atoms with van der Waals surface area (Å²) in [6.45, 7) is 13.3. The predicted octanol–water partition coefficient (Wildman–Crippen LogP) is 4.87. The second-order valence-corrected chi connectivity index (χ2v) is 7.07. The summed E-state index contributed by atoms with van der Waals surface area (Å²) in [6, 6.07) is 10.6. The van der Waals surface area contributed by atoms with Gasteiger partial charge in [0.25, 0.3) is 0 Å². The average Bonchev–Trinajstić information content (AvgIpc) is 2.68. The van der Waals surface area contributed by atoms with E-state index in [0.717, 1.165) is 43.5 Å². The van der Waals surface area contributed by atoms with Crippen LogP contribution in [-0.4, -0.2) is 24.5 Å². The SMILES string of the molecule is C=C(NCCCc1ccccc1)C(C(C=N)=NC(CC)C(C)CC)=C(C)N. The van der Waals surface area contributed by atoms with E-state index in [2.05, 4.69) is 56.9 Å². The minimum absolute atomic E-state index is 0.187. The summed E-state index contributed by atoms with van der Waals surface area (Å²) >= 11 is 0. The van der Waals surface area contributed by atoms with Crippen LogP contribution in [0.15, 0.2) is 58.9 Å². The summed E-state index contributed by atoms with van der Waals surface area (Å²) in [5, 5.41) is 11.2. The molecule has 0 bridgehead atoms. The summed E-state index contributed by atoms with van der Waals surface area (Å²) < 4.78 is 0. The maximum absolute atomic E-state index is 7.85. The van der Waals surface area contributed by atoms with Crippen LogP contribution in [0.5, 0.6) is 0 Å². The van der Waals surface area contributed by atoms with E-state index in [9.17, 15) is 0 Å². The molecule has 1 aromatic carbocycles. The van der Waals surface area contributed by atoms with Crippen LogP contribution >= 0.6 is 0 Å². The van der Waals surface area contributed by atoms with Crippen LogP contribution in [0.1, 0.15) is 52.5 Å². The van der Waals surface area contributed by atoms with E-state index in [4.69, 9.17) is 16.1 Å². The number of aliphatic imine (C=N–C) groups is 1. The van der Waals surface area contributed by atoms with Gasteiger partial charge in [-0.05, 0) is 37.7 Å². The highest BCUT2D eigenvalue weighted by atomic mass is 14.9. The van der Waals surface area contributed by atoms with E-state index in [1.54, 1.807) is 0 Å². The number of rotatable bonds is 12. The van der Waals surface area contributed by atoms with Gasteiger partial charge in [0.05, 0.1) is 11.8 Å². The zero-order valence-electron chi connectivity index (χ0n) is 17.4.